The van der Waals surface area contributed by atoms with Crippen molar-refractivity contribution >= 4 is 57.5 Å². The van der Waals surface area contributed by atoms with E-state index in [1.807, 2.05) is 54.6 Å². The number of carbonyl (C=O) groups is 1. The highest BCUT2D eigenvalue weighted by atomic mass is 79.9. The summed E-state index contributed by atoms with van der Waals surface area (Å²) >= 11 is 7.01. The van der Waals surface area contributed by atoms with E-state index in [0.29, 0.717) is 50.6 Å². The molecule has 11 heteroatoms. The average molecular weight is 884 g/mol. The summed E-state index contributed by atoms with van der Waals surface area (Å²) in [6.45, 7) is 19.7. The van der Waals surface area contributed by atoms with Gasteiger partial charge in [0.1, 0.15) is 28.4 Å². The van der Waals surface area contributed by atoms with Crippen molar-refractivity contribution in [3.8, 4) is 33.8 Å². The van der Waals surface area contributed by atoms with Crippen molar-refractivity contribution in [2.75, 3.05) is 26.4 Å². The van der Waals surface area contributed by atoms with Crippen LogP contribution in [0.4, 0.5) is 0 Å². The first-order valence-electron chi connectivity index (χ1n) is 18.4. The quantitative estimate of drug-likeness (QED) is 0.0886. The van der Waals surface area contributed by atoms with E-state index in [0.717, 1.165) is 73.9 Å². The molecule has 4 heterocycles. The summed E-state index contributed by atoms with van der Waals surface area (Å²) in [5.74, 6) is 4.24. The van der Waals surface area contributed by atoms with Crippen molar-refractivity contribution in [1.29, 1.82) is 0 Å². The van der Waals surface area contributed by atoms with E-state index >= 15 is 0 Å². The molecule has 0 aromatic heterocycles. The predicted octanol–water partition coefficient (Wildman–Crippen LogP) is 11.4. The lowest BCUT2D eigenvalue weighted by molar-refractivity contribution is -0.0504. The molecule has 0 radical (unpaired) electrons. The van der Waals surface area contributed by atoms with Crippen molar-refractivity contribution in [1.82, 2.24) is 0 Å². The number of hydrogen-bond acceptors (Lipinski definition) is 7. The molecule has 0 aliphatic carbocycles. The number of ketones is 1. The van der Waals surface area contributed by atoms with Gasteiger partial charge < -0.3 is 18.9 Å². The fraction of sp³-hybridized carbons (Fsp3) is 0.341. The maximum Gasteiger partial charge on any atom is 0.184 e. The normalized spacial score (nSPS) is 18.4. The van der Waals surface area contributed by atoms with E-state index in [4.69, 9.17) is 25.5 Å². The molecular formula is C44H45Br2N3O5Si. The van der Waals surface area contributed by atoms with E-state index in [2.05, 4.69) is 109 Å². The smallest absolute Gasteiger partial charge is 0.184 e. The largest absolute Gasteiger partial charge is 0.486 e. The van der Waals surface area contributed by atoms with Crippen LogP contribution < -0.4 is 9.47 Å². The summed E-state index contributed by atoms with van der Waals surface area (Å²) in [7, 11) is -1.21. The van der Waals surface area contributed by atoms with Gasteiger partial charge in [0.25, 0.3) is 0 Å². The van der Waals surface area contributed by atoms with Gasteiger partial charge in [-0.2, -0.15) is 6.57 Å². The number of carbonyl (C=O) groups excluding carboxylic acids is 1. The Bertz CT molecular complexity index is 2160. The minimum absolute atomic E-state index is 0.171. The van der Waals surface area contributed by atoms with Crippen LogP contribution in [0.2, 0.25) is 19.6 Å². The summed E-state index contributed by atoms with van der Waals surface area (Å²) < 4.78 is 29.6. The average Bonchev–Trinajstić information content (AvgIpc) is 3.15. The zero-order valence-electron chi connectivity index (χ0n) is 31.5. The Labute approximate surface area is 341 Å². The maximum absolute atomic E-state index is 12.7. The molecular weight excluding hydrogens is 838 g/mol. The SMILES string of the molecule is C=C=N[Si](C)(C)C.O=C1CC2(CCOCC2)Oc2ccc(-c3cccc(Br)c3)cc21.[C-]#[N+]/N=C1/CC2(CCOCC2)Oc2ccc(-c3cccc(Br)c3)cc21. The molecule has 0 saturated carbocycles. The van der Waals surface area contributed by atoms with E-state index in [9.17, 15) is 4.79 Å². The van der Waals surface area contributed by atoms with E-state index in [1.54, 1.807) is 0 Å². The molecule has 4 aliphatic heterocycles. The van der Waals surface area contributed by atoms with Crippen LogP contribution in [-0.4, -0.2) is 63.2 Å². The van der Waals surface area contributed by atoms with Gasteiger partial charge >= 0.3 is 0 Å². The number of benzene rings is 4. The van der Waals surface area contributed by atoms with Crippen LogP contribution in [0.15, 0.2) is 110 Å². The summed E-state index contributed by atoms with van der Waals surface area (Å²) in [5, 5.41) is 4.11. The fourth-order valence-electron chi connectivity index (χ4n) is 7.13. The van der Waals surface area contributed by atoms with Crippen LogP contribution in [0.3, 0.4) is 0 Å². The molecule has 2 spiro atoms. The van der Waals surface area contributed by atoms with Gasteiger partial charge in [0.2, 0.25) is 0 Å². The number of nitrogens with zero attached hydrogens (tertiary/aromatic N) is 3. The van der Waals surface area contributed by atoms with Gasteiger partial charge in [0.05, 0.1) is 43.5 Å². The molecule has 2 saturated heterocycles. The first-order valence-corrected chi connectivity index (χ1v) is 23.5. The number of hydrogen-bond donors (Lipinski definition) is 0. The van der Waals surface area contributed by atoms with Gasteiger partial charge in [-0.15, -0.1) is 4.95 Å². The zero-order chi connectivity index (χ0) is 39.1. The minimum atomic E-state index is -1.21. The molecule has 0 N–H and O–H groups in total. The Kier molecular flexibility index (Phi) is 13.1. The second-order valence-corrected chi connectivity index (χ2v) is 21.5. The molecule has 4 aromatic rings. The van der Waals surface area contributed by atoms with Crippen molar-refractivity contribution in [3.63, 3.8) is 0 Å². The third-order valence-corrected chi connectivity index (χ3v) is 11.7. The molecule has 4 aliphatic rings. The highest BCUT2D eigenvalue weighted by Gasteiger charge is 2.43. The van der Waals surface area contributed by atoms with E-state index < -0.39 is 8.24 Å². The van der Waals surface area contributed by atoms with Gasteiger partial charge in [0, 0.05) is 46.6 Å². The second-order valence-electron chi connectivity index (χ2n) is 15.1. The van der Waals surface area contributed by atoms with E-state index in [-0.39, 0.29) is 17.0 Å². The van der Waals surface area contributed by atoms with Gasteiger partial charge in [-0.3, -0.25) is 9.45 Å². The topological polar surface area (TPSA) is 83.1 Å². The highest BCUT2D eigenvalue weighted by molar-refractivity contribution is 9.10. The predicted molar refractivity (Wildman–Crippen MR) is 229 cm³/mol. The summed E-state index contributed by atoms with van der Waals surface area (Å²) in [5.41, 5.74) is 6.10. The second kappa shape index (κ2) is 17.8. The van der Waals surface area contributed by atoms with Crippen molar-refractivity contribution in [2.45, 2.75) is 69.4 Å². The van der Waals surface area contributed by atoms with Gasteiger partial charge in [-0.05, 0) is 103 Å². The van der Waals surface area contributed by atoms with E-state index in [1.165, 1.54) is 0 Å². The van der Waals surface area contributed by atoms with Crippen LogP contribution in [0.5, 0.6) is 11.5 Å². The van der Waals surface area contributed by atoms with Crippen LogP contribution >= 0.6 is 31.9 Å². The van der Waals surface area contributed by atoms with Gasteiger partial charge in [-0.25, -0.2) is 0 Å². The first-order chi connectivity index (χ1) is 26.4. The number of fused-ring (bicyclic) bond motifs is 2. The molecule has 8 rings (SSSR count). The lowest BCUT2D eigenvalue weighted by atomic mass is 9.83. The third kappa shape index (κ3) is 10.4. The molecule has 0 unspecified atom stereocenters. The number of Topliss-reactive ketones (excluding diaryl/α,β-unsaturated/α-hetero) is 1. The summed E-state index contributed by atoms with van der Waals surface area (Å²) in [4.78, 5) is 16.0. The monoisotopic (exact) mass is 881 g/mol. The van der Waals surface area contributed by atoms with Crippen LogP contribution in [0.1, 0.15) is 54.4 Å². The molecule has 4 aromatic carbocycles. The lowest BCUT2D eigenvalue weighted by Gasteiger charge is -2.41. The lowest BCUT2D eigenvalue weighted by Crippen LogP contribution is -2.46. The number of halogens is 2. The summed E-state index contributed by atoms with van der Waals surface area (Å²) in [6.07, 6.45) is 4.34. The van der Waals surface area contributed by atoms with Crippen LogP contribution in [-0.2, 0) is 9.47 Å². The molecule has 55 heavy (non-hydrogen) atoms. The van der Waals surface area contributed by atoms with Crippen LogP contribution in [0, 0.1) is 6.57 Å². The Hall–Kier alpha value is -4.14. The minimum Gasteiger partial charge on any atom is -0.486 e. The Morgan fingerprint density at radius 2 is 1.18 bits per heavy atom. The van der Waals surface area contributed by atoms with Gasteiger partial charge in [-0.1, -0.05) is 68.3 Å². The zero-order valence-corrected chi connectivity index (χ0v) is 35.7. The van der Waals surface area contributed by atoms with Crippen molar-refractivity contribution in [3.05, 3.63) is 123 Å². The molecule has 2 fully saturated rings. The molecule has 284 valence electrons. The number of ether oxygens (including phenoxy) is 4. The molecule has 0 amide bonds. The van der Waals surface area contributed by atoms with Gasteiger partial charge in [0.15, 0.2) is 14.0 Å². The molecule has 0 bridgehead atoms. The third-order valence-electron chi connectivity index (χ3n) is 9.90. The Morgan fingerprint density at radius 3 is 1.64 bits per heavy atom. The fourth-order valence-corrected chi connectivity index (χ4v) is 8.41. The van der Waals surface area contributed by atoms with Crippen LogP contribution in [0.25, 0.3) is 27.2 Å². The number of rotatable bonds is 3. The Balaban J connectivity index is 0.000000160. The standard InChI is InChI=1S/C20H17BrN2O2.C19H17BrO3.C5H11NSi/c1-22-23-18-13-20(7-9-24-10-8-20)25-19-6-5-15(12-17(18)19)14-3-2-4-16(21)11-14;20-15-3-1-2-13(10-15)14-4-5-18-16(11-14)17(21)12-19(23-18)6-8-22-9-7-19;1-5-6-7(2,3)4/h2-6,11-12H,7-10,13H2;1-5,10-11H,6-9,12H2;1H2,2-4H3/b23-18-;;. The maximum atomic E-state index is 12.7. The molecule has 8 nitrogen and oxygen atoms in total. The first kappa shape index (κ1) is 40.5. The summed E-state index contributed by atoms with van der Waals surface area (Å²) in [6, 6.07) is 28.3. The highest BCUT2D eigenvalue weighted by Crippen LogP contribution is 2.42. The molecule has 0 atom stereocenters. The Morgan fingerprint density at radius 1 is 0.709 bits per heavy atom. The van der Waals surface area contributed by atoms with Crippen molar-refractivity contribution < 1.29 is 23.7 Å². The van der Waals surface area contributed by atoms with Crippen molar-refractivity contribution in [2.24, 2.45) is 9.76 Å².